The smallest absolute Gasteiger partial charge is 0.234 e. The van der Waals surface area contributed by atoms with Gasteiger partial charge in [-0.25, -0.2) is 9.37 Å². The van der Waals surface area contributed by atoms with Crippen LogP contribution < -0.4 is 5.73 Å². The Morgan fingerprint density at radius 2 is 2.35 bits per heavy atom. The van der Waals surface area contributed by atoms with Gasteiger partial charge >= 0.3 is 0 Å². The molecule has 0 aliphatic carbocycles. The summed E-state index contributed by atoms with van der Waals surface area (Å²) in [6.07, 6.45) is 0.973. The van der Waals surface area contributed by atoms with Crippen molar-refractivity contribution in [3.05, 3.63) is 30.1 Å². The zero-order valence-electron chi connectivity index (χ0n) is 11.3. The van der Waals surface area contributed by atoms with E-state index in [1.54, 1.807) is 11.2 Å². The summed E-state index contributed by atoms with van der Waals surface area (Å²) in [7, 11) is 1.94. The SMILES string of the molecule is Cn1cnc2cc(CN3C[C@H](F)C[C@H]3C(N)=O)ccc21. The first-order valence-corrected chi connectivity index (χ1v) is 6.62. The molecular weight excluding hydrogens is 259 g/mol. The molecule has 2 aromatic rings. The molecule has 1 aliphatic heterocycles. The van der Waals surface area contributed by atoms with Crippen molar-refractivity contribution in [1.29, 1.82) is 0 Å². The van der Waals surface area contributed by atoms with Crippen molar-refractivity contribution in [2.24, 2.45) is 12.8 Å². The molecule has 1 fully saturated rings. The van der Waals surface area contributed by atoms with Gasteiger partial charge in [-0.2, -0.15) is 0 Å². The van der Waals surface area contributed by atoms with Crippen molar-refractivity contribution in [3.63, 3.8) is 0 Å². The maximum absolute atomic E-state index is 13.5. The maximum Gasteiger partial charge on any atom is 0.234 e. The summed E-state index contributed by atoms with van der Waals surface area (Å²) in [6.45, 7) is 0.772. The van der Waals surface area contributed by atoms with Gasteiger partial charge in [-0.15, -0.1) is 0 Å². The van der Waals surface area contributed by atoms with E-state index in [2.05, 4.69) is 4.98 Å². The third kappa shape index (κ3) is 2.27. The fourth-order valence-corrected chi connectivity index (χ4v) is 2.83. The van der Waals surface area contributed by atoms with Crippen LogP contribution in [0, 0.1) is 0 Å². The number of benzene rings is 1. The van der Waals surface area contributed by atoms with Gasteiger partial charge in [0.1, 0.15) is 6.17 Å². The highest BCUT2D eigenvalue weighted by molar-refractivity contribution is 5.80. The second-order valence-corrected chi connectivity index (χ2v) is 5.36. The molecule has 0 bridgehead atoms. The lowest BCUT2D eigenvalue weighted by Gasteiger charge is -2.21. The summed E-state index contributed by atoms with van der Waals surface area (Å²) in [6, 6.07) is 5.43. The first kappa shape index (κ1) is 13.1. The number of hydrogen-bond donors (Lipinski definition) is 1. The zero-order valence-corrected chi connectivity index (χ0v) is 11.3. The fourth-order valence-electron chi connectivity index (χ4n) is 2.83. The highest BCUT2D eigenvalue weighted by Crippen LogP contribution is 2.23. The third-order valence-corrected chi connectivity index (χ3v) is 3.86. The number of imidazole rings is 1. The molecule has 2 N–H and O–H groups in total. The van der Waals surface area contributed by atoms with Crippen molar-refractivity contribution >= 4 is 16.9 Å². The Morgan fingerprint density at radius 1 is 1.55 bits per heavy atom. The quantitative estimate of drug-likeness (QED) is 0.908. The van der Waals surface area contributed by atoms with Crippen LogP contribution in [0.25, 0.3) is 11.0 Å². The van der Waals surface area contributed by atoms with Crippen LogP contribution in [0.15, 0.2) is 24.5 Å². The fraction of sp³-hybridized carbons (Fsp3) is 0.429. The van der Waals surface area contributed by atoms with Gasteiger partial charge in [0, 0.05) is 26.6 Å². The Kier molecular flexibility index (Phi) is 3.17. The summed E-state index contributed by atoms with van der Waals surface area (Å²) >= 11 is 0. The van der Waals surface area contributed by atoms with Gasteiger partial charge in [0.2, 0.25) is 5.91 Å². The average Bonchev–Trinajstić information content (AvgIpc) is 2.94. The number of nitrogens with two attached hydrogens (primary N) is 1. The number of rotatable bonds is 3. The van der Waals surface area contributed by atoms with E-state index in [0.717, 1.165) is 16.6 Å². The number of carbonyl (C=O) groups excluding carboxylic acids is 1. The lowest BCUT2D eigenvalue weighted by molar-refractivity contribution is -0.122. The Balaban J connectivity index is 1.83. The molecule has 2 atom stereocenters. The lowest BCUT2D eigenvalue weighted by atomic mass is 10.1. The minimum atomic E-state index is -0.980. The van der Waals surface area contributed by atoms with Gasteiger partial charge in [0.15, 0.2) is 0 Å². The van der Waals surface area contributed by atoms with Gasteiger partial charge in [0.25, 0.3) is 0 Å². The normalized spacial score (nSPS) is 23.5. The van der Waals surface area contributed by atoms with Crippen LogP contribution in [0.2, 0.25) is 0 Å². The molecule has 6 heteroatoms. The van der Waals surface area contributed by atoms with Crippen LogP contribution in [0.3, 0.4) is 0 Å². The number of carbonyl (C=O) groups is 1. The number of aromatic nitrogens is 2. The lowest BCUT2D eigenvalue weighted by Crippen LogP contribution is -2.39. The van der Waals surface area contributed by atoms with Crippen molar-refractivity contribution in [2.45, 2.75) is 25.2 Å². The summed E-state index contributed by atoms with van der Waals surface area (Å²) in [5.41, 5.74) is 8.29. The molecule has 1 aromatic carbocycles. The summed E-state index contributed by atoms with van der Waals surface area (Å²) in [5.74, 6) is -0.455. The van der Waals surface area contributed by atoms with Crippen LogP contribution >= 0.6 is 0 Å². The van der Waals surface area contributed by atoms with Crippen LogP contribution in [0.1, 0.15) is 12.0 Å². The molecule has 3 rings (SSSR count). The standard InChI is InChI=1S/C14H17FN4O/c1-18-8-17-11-4-9(2-3-12(11)18)6-19-7-10(15)5-13(19)14(16)20/h2-4,8,10,13H,5-7H2,1H3,(H2,16,20)/t10-,13+/m1/s1. The van der Waals surface area contributed by atoms with Gasteiger partial charge < -0.3 is 10.3 Å². The van der Waals surface area contributed by atoms with Crippen LogP contribution in [-0.2, 0) is 18.4 Å². The highest BCUT2D eigenvalue weighted by atomic mass is 19.1. The third-order valence-electron chi connectivity index (χ3n) is 3.86. The molecule has 2 heterocycles. The first-order valence-electron chi connectivity index (χ1n) is 6.62. The largest absolute Gasteiger partial charge is 0.368 e. The number of hydrogen-bond acceptors (Lipinski definition) is 3. The molecule has 1 aliphatic rings. The minimum absolute atomic E-state index is 0.196. The summed E-state index contributed by atoms with van der Waals surface area (Å²) in [4.78, 5) is 17.5. The monoisotopic (exact) mass is 276 g/mol. The van der Waals surface area contributed by atoms with Crippen molar-refractivity contribution in [3.8, 4) is 0 Å². The molecular formula is C14H17FN4O. The van der Waals surface area contributed by atoms with E-state index < -0.39 is 18.1 Å². The van der Waals surface area contributed by atoms with Gasteiger partial charge in [-0.3, -0.25) is 9.69 Å². The predicted molar refractivity (Wildman–Crippen MR) is 73.6 cm³/mol. The minimum Gasteiger partial charge on any atom is -0.368 e. The van der Waals surface area contributed by atoms with E-state index in [1.165, 1.54) is 0 Å². The average molecular weight is 276 g/mol. The van der Waals surface area contributed by atoms with Crippen LogP contribution in [0.4, 0.5) is 4.39 Å². The first-order chi connectivity index (χ1) is 9.54. The molecule has 1 saturated heterocycles. The number of aryl methyl sites for hydroxylation is 1. The summed E-state index contributed by atoms with van der Waals surface area (Å²) in [5, 5.41) is 0. The van der Waals surface area contributed by atoms with Crippen molar-refractivity contribution < 1.29 is 9.18 Å². The molecule has 5 nitrogen and oxygen atoms in total. The van der Waals surface area contributed by atoms with E-state index in [4.69, 9.17) is 5.73 Å². The van der Waals surface area contributed by atoms with Crippen molar-refractivity contribution in [1.82, 2.24) is 14.5 Å². The number of amides is 1. The Morgan fingerprint density at radius 3 is 3.10 bits per heavy atom. The van der Waals surface area contributed by atoms with E-state index in [9.17, 15) is 9.18 Å². The number of primary amides is 1. The molecule has 0 radical (unpaired) electrons. The topological polar surface area (TPSA) is 64.2 Å². The molecule has 106 valence electrons. The van der Waals surface area contributed by atoms with Gasteiger partial charge in [-0.05, 0) is 17.7 Å². The Bertz CT molecular complexity index is 654. The predicted octanol–water partition coefficient (Wildman–Crippen LogP) is 0.971. The highest BCUT2D eigenvalue weighted by Gasteiger charge is 2.35. The number of likely N-dealkylation sites (tertiary alicyclic amines) is 1. The Labute approximate surface area is 116 Å². The Hall–Kier alpha value is -1.95. The summed E-state index contributed by atoms with van der Waals surface area (Å²) < 4.78 is 15.4. The van der Waals surface area contributed by atoms with E-state index in [0.29, 0.717) is 6.54 Å². The van der Waals surface area contributed by atoms with Gasteiger partial charge in [-0.1, -0.05) is 6.07 Å². The number of alkyl halides is 1. The van der Waals surface area contributed by atoms with Crippen LogP contribution in [-0.4, -0.2) is 39.1 Å². The molecule has 20 heavy (non-hydrogen) atoms. The maximum atomic E-state index is 13.5. The molecule has 0 unspecified atom stereocenters. The van der Waals surface area contributed by atoms with Crippen LogP contribution in [0.5, 0.6) is 0 Å². The number of halogens is 1. The van der Waals surface area contributed by atoms with E-state index in [1.807, 2.05) is 29.8 Å². The second kappa shape index (κ2) is 4.86. The molecule has 0 spiro atoms. The van der Waals surface area contributed by atoms with Crippen molar-refractivity contribution in [2.75, 3.05) is 6.54 Å². The molecule has 1 aromatic heterocycles. The van der Waals surface area contributed by atoms with E-state index >= 15 is 0 Å². The second-order valence-electron chi connectivity index (χ2n) is 5.36. The zero-order chi connectivity index (χ0) is 14.3. The van der Waals surface area contributed by atoms with Gasteiger partial charge in [0.05, 0.1) is 23.4 Å². The molecule has 0 saturated carbocycles. The number of nitrogens with zero attached hydrogens (tertiary/aromatic N) is 3. The number of fused-ring (bicyclic) bond motifs is 1. The molecule has 1 amide bonds. The van der Waals surface area contributed by atoms with E-state index in [-0.39, 0.29) is 13.0 Å².